The lowest BCUT2D eigenvalue weighted by atomic mass is 9.84. The second-order valence-electron chi connectivity index (χ2n) is 8.15. The molecule has 0 radical (unpaired) electrons. The van der Waals surface area contributed by atoms with Gasteiger partial charge in [-0.25, -0.2) is 0 Å². The van der Waals surface area contributed by atoms with Crippen molar-refractivity contribution < 1.29 is 14.3 Å². The molecule has 4 nitrogen and oxygen atoms in total. The Morgan fingerprint density at radius 1 is 1.12 bits per heavy atom. The number of carbonyl (C=O) groups is 1. The molecular formula is C22H25NO3. The summed E-state index contributed by atoms with van der Waals surface area (Å²) in [7, 11) is 0. The quantitative estimate of drug-likeness (QED) is 0.844. The van der Waals surface area contributed by atoms with E-state index in [0.29, 0.717) is 19.2 Å². The molecule has 0 N–H and O–H groups in total. The molecule has 1 atom stereocenters. The van der Waals surface area contributed by atoms with Gasteiger partial charge in [-0.1, -0.05) is 30.3 Å². The predicted octanol–water partition coefficient (Wildman–Crippen LogP) is 3.64. The molecule has 2 aromatic carbocycles. The highest BCUT2D eigenvalue weighted by molar-refractivity contribution is 5.99. The average Bonchev–Trinajstić information content (AvgIpc) is 3.48. The first-order chi connectivity index (χ1) is 12.7. The van der Waals surface area contributed by atoms with Gasteiger partial charge < -0.3 is 14.4 Å². The fourth-order valence-electron chi connectivity index (χ4n) is 4.20. The van der Waals surface area contributed by atoms with Gasteiger partial charge in [-0.05, 0) is 48.1 Å². The highest BCUT2D eigenvalue weighted by Gasteiger charge is 2.49. The third-order valence-corrected chi connectivity index (χ3v) is 5.95. The minimum Gasteiger partial charge on any atom is -0.378 e. The van der Waals surface area contributed by atoms with E-state index in [1.54, 1.807) is 0 Å². The van der Waals surface area contributed by atoms with E-state index >= 15 is 0 Å². The van der Waals surface area contributed by atoms with Gasteiger partial charge in [0, 0.05) is 25.2 Å². The number of hydrogen-bond donors (Lipinski definition) is 0. The molecule has 5 rings (SSSR count). The molecule has 0 bridgehead atoms. The Balaban J connectivity index is 1.22. The number of benzene rings is 2. The number of carbonyl (C=O) groups excluding carboxylic acids is 1. The van der Waals surface area contributed by atoms with Crippen LogP contribution in [-0.2, 0) is 9.47 Å². The number of ether oxygens (including phenoxy) is 2. The molecule has 3 aliphatic rings. The lowest BCUT2D eigenvalue weighted by molar-refractivity contribution is -0.186. The number of fused-ring (bicyclic) bond motifs is 1. The molecule has 0 unspecified atom stereocenters. The number of likely N-dealkylation sites (tertiary alicyclic amines) is 1. The summed E-state index contributed by atoms with van der Waals surface area (Å²) in [5.74, 6) is 0.896. The SMILES string of the molecule is O=C(c1ccc2ccccc2c1)N1CC2(C[C@H](OCC3CC3)CCO2)C1. The highest BCUT2D eigenvalue weighted by Crippen LogP contribution is 2.37. The van der Waals surface area contributed by atoms with Gasteiger partial charge in [-0.3, -0.25) is 4.79 Å². The van der Waals surface area contributed by atoms with Crippen molar-refractivity contribution in [3.05, 3.63) is 48.0 Å². The van der Waals surface area contributed by atoms with Crippen molar-refractivity contribution in [2.45, 2.75) is 37.4 Å². The van der Waals surface area contributed by atoms with Crippen LogP contribution in [0.15, 0.2) is 42.5 Å². The summed E-state index contributed by atoms with van der Waals surface area (Å²) in [6.07, 6.45) is 4.83. The molecule has 3 fully saturated rings. The molecule has 1 saturated carbocycles. The lowest BCUT2D eigenvalue weighted by Gasteiger charge is -2.53. The molecule has 2 aliphatic heterocycles. The number of hydrogen-bond acceptors (Lipinski definition) is 3. The normalized spacial score (nSPS) is 24.6. The van der Waals surface area contributed by atoms with Crippen molar-refractivity contribution >= 4 is 16.7 Å². The summed E-state index contributed by atoms with van der Waals surface area (Å²) in [4.78, 5) is 14.8. The van der Waals surface area contributed by atoms with Gasteiger partial charge in [-0.15, -0.1) is 0 Å². The van der Waals surface area contributed by atoms with Crippen LogP contribution in [0.4, 0.5) is 0 Å². The summed E-state index contributed by atoms with van der Waals surface area (Å²) in [6, 6.07) is 14.1. The third kappa shape index (κ3) is 3.12. The van der Waals surface area contributed by atoms with Crippen LogP contribution in [0.3, 0.4) is 0 Å². The molecule has 2 saturated heterocycles. The Morgan fingerprint density at radius 3 is 2.73 bits per heavy atom. The van der Waals surface area contributed by atoms with E-state index in [0.717, 1.165) is 48.3 Å². The third-order valence-electron chi connectivity index (χ3n) is 5.95. The van der Waals surface area contributed by atoms with Crippen LogP contribution in [0, 0.1) is 5.92 Å². The molecule has 26 heavy (non-hydrogen) atoms. The topological polar surface area (TPSA) is 38.8 Å². The van der Waals surface area contributed by atoms with E-state index < -0.39 is 0 Å². The van der Waals surface area contributed by atoms with Crippen LogP contribution < -0.4 is 0 Å². The zero-order chi connectivity index (χ0) is 17.6. The lowest BCUT2D eigenvalue weighted by Crippen LogP contribution is -2.67. The number of amides is 1. The summed E-state index contributed by atoms with van der Waals surface area (Å²) >= 11 is 0. The number of rotatable bonds is 4. The van der Waals surface area contributed by atoms with E-state index in [1.165, 1.54) is 12.8 Å². The van der Waals surface area contributed by atoms with E-state index in [9.17, 15) is 4.79 Å². The maximum absolute atomic E-state index is 12.8. The standard InChI is InChI=1S/C22H25NO3/c24-21(19-8-7-17-3-1-2-4-18(17)11-19)23-14-22(15-23)12-20(9-10-26-22)25-13-16-5-6-16/h1-4,7-8,11,16,20H,5-6,9-10,12-15H2/t20-/m1/s1. The van der Waals surface area contributed by atoms with Crippen molar-refractivity contribution in [1.82, 2.24) is 4.90 Å². The maximum Gasteiger partial charge on any atom is 0.254 e. The van der Waals surface area contributed by atoms with Gasteiger partial charge in [0.05, 0.1) is 19.2 Å². The van der Waals surface area contributed by atoms with Crippen molar-refractivity contribution in [1.29, 1.82) is 0 Å². The van der Waals surface area contributed by atoms with Crippen LogP contribution >= 0.6 is 0 Å². The van der Waals surface area contributed by atoms with Gasteiger partial charge in [0.25, 0.3) is 5.91 Å². The van der Waals surface area contributed by atoms with Crippen LogP contribution in [0.5, 0.6) is 0 Å². The van der Waals surface area contributed by atoms with E-state index in [2.05, 4.69) is 12.1 Å². The van der Waals surface area contributed by atoms with Gasteiger partial charge in [0.1, 0.15) is 5.60 Å². The largest absolute Gasteiger partial charge is 0.378 e. The Hall–Kier alpha value is -1.91. The van der Waals surface area contributed by atoms with Crippen LogP contribution in [0.1, 0.15) is 36.0 Å². The monoisotopic (exact) mass is 351 g/mol. The van der Waals surface area contributed by atoms with E-state index in [-0.39, 0.29) is 11.5 Å². The zero-order valence-electron chi connectivity index (χ0n) is 15.0. The first-order valence-electron chi connectivity index (χ1n) is 9.74. The predicted molar refractivity (Wildman–Crippen MR) is 100 cm³/mol. The van der Waals surface area contributed by atoms with Crippen molar-refractivity contribution in [2.24, 2.45) is 5.92 Å². The van der Waals surface area contributed by atoms with Crippen molar-refractivity contribution in [3.8, 4) is 0 Å². The summed E-state index contributed by atoms with van der Waals surface area (Å²) < 4.78 is 12.1. The van der Waals surface area contributed by atoms with Gasteiger partial charge in [-0.2, -0.15) is 0 Å². The van der Waals surface area contributed by atoms with E-state index in [4.69, 9.17) is 9.47 Å². The second-order valence-corrected chi connectivity index (χ2v) is 8.15. The molecule has 2 heterocycles. The molecule has 136 valence electrons. The molecule has 0 aromatic heterocycles. The minimum absolute atomic E-state index is 0.103. The highest BCUT2D eigenvalue weighted by atomic mass is 16.5. The maximum atomic E-state index is 12.8. The molecule has 2 aromatic rings. The van der Waals surface area contributed by atoms with Gasteiger partial charge in [0.2, 0.25) is 0 Å². The Labute approximate surface area is 154 Å². The van der Waals surface area contributed by atoms with Crippen LogP contribution in [0.2, 0.25) is 0 Å². The van der Waals surface area contributed by atoms with E-state index in [1.807, 2.05) is 35.2 Å². The fourth-order valence-corrected chi connectivity index (χ4v) is 4.20. The summed E-state index contributed by atoms with van der Waals surface area (Å²) in [6.45, 7) is 3.01. The molecule has 4 heteroatoms. The fraction of sp³-hybridized carbons (Fsp3) is 0.500. The average molecular weight is 351 g/mol. The van der Waals surface area contributed by atoms with Crippen LogP contribution in [-0.4, -0.2) is 48.8 Å². The first kappa shape index (κ1) is 16.3. The zero-order valence-corrected chi connectivity index (χ0v) is 15.0. The van der Waals surface area contributed by atoms with Crippen molar-refractivity contribution in [2.75, 3.05) is 26.3 Å². The second kappa shape index (κ2) is 6.36. The van der Waals surface area contributed by atoms with Gasteiger partial charge in [0.15, 0.2) is 0 Å². The molecular weight excluding hydrogens is 326 g/mol. The molecule has 1 amide bonds. The Kier molecular flexibility index (Phi) is 3.98. The van der Waals surface area contributed by atoms with Crippen molar-refractivity contribution in [3.63, 3.8) is 0 Å². The Bertz CT molecular complexity index is 823. The first-order valence-corrected chi connectivity index (χ1v) is 9.74. The number of nitrogens with zero attached hydrogens (tertiary/aromatic N) is 1. The summed E-state index contributed by atoms with van der Waals surface area (Å²) in [5.41, 5.74) is 0.579. The smallest absolute Gasteiger partial charge is 0.254 e. The molecule has 1 aliphatic carbocycles. The van der Waals surface area contributed by atoms with Gasteiger partial charge >= 0.3 is 0 Å². The van der Waals surface area contributed by atoms with Crippen LogP contribution in [0.25, 0.3) is 10.8 Å². The Morgan fingerprint density at radius 2 is 1.92 bits per heavy atom. The minimum atomic E-state index is -0.182. The molecule has 1 spiro atoms. The summed E-state index contributed by atoms with van der Waals surface area (Å²) in [5, 5.41) is 2.27.